The van der Waals surface area contributed by atoms with Gasteiger partial charge in [-0.1, -0.05) is 24.8 Å². The highest BCUT2D eigenvalue weighted by molar-refractivity contribution is 5.91. The van der Waals surface area contributed by atoms with Crippen LogP contribution in [0.2, 0.25) is 0 Å². The number of rotatable bonds is 5. The first kappa shape index (κ1) is 21.4. The third kappa shape index (κ3) is 4.74. The molecule has 1 aromatic carbocycles. The number of carbonyl (C=O) groups is 2. The first-order valence-corrected chi connectivity index (χ1v) is 10.6. The summed E-state index contributed by atoms with van der Waals surface area (Å²) >= 11 is 0. The highest BCUT2D eigenvalue weighted by Gasteiger charge is 2.61. The van der Waals surface area contributed by atoms with Crippen molar-refractivity contribution in [1.82, 2.24) is 0 Å². The van der Waals surface area contributed by atoms with E-state index < -0.39 is 5.97 Å². The fourth-order valence-corrected chi connectivity index (χ4v) is 4.37. The molecule has 6 heteroatoms. The Morgan fingerprint density at radius 1 is 1.39 bits per heavy atom. The van der Waals surface area contributed by atoms with Gasteiger partial charge in [0.1, 0.15) is 24.6 Å². The third-order valence-electron chi connectivity index (χ3n) is 6.34. The topological polar surface area (TPSA) is 74.4 Å². The van der Waals surface area contributed by atoms with Gasteiger partial charge in [-0.2, -0.15) is 0 Å². The van der Waals surface area contributed by atoms with E-state index in [1.54, 1.807) is 13.2 Å². The summed E-state index contributed by atoms with van der Waals surface area (Å²) < 4.78 is 22.1. The van der Waals surface area contributed by atoms with Crippen molar-refractivity contribution in [2.45, 2.75) is 50.4 Å². The van der Waals surface area contributed by atoms with Crippen LogP contribution >= 0.6 is 0 Å². The molecule has 0 bridgehead atoms. The largest absolute Gasteiger partial charge is 0.497 e. The fourth-order valence-electron chi connectivity index (χ4n) is 4.37. The van der Waals surface area contributed by atoms with Crippen molar-refractivity contribution < 1.29 is 28.5 Å². The van der Waals surface area contributed by atoms with Gasteiger partial charge in [0.15, 0.2) is 0 Å². The zero-order valence-corrected chi connectivity index (χ0v) is 18.0. The lowest BCUT2D eigenvalue weighted by molar-refractivity contribution is -0.140. The van der Waals surface area contributed by atoms with Crippen LogP contribution in [-0.4, -0.2) is 43.5 Å². The molecule has 2 heterocycles. The Morgan fingerprint density at radius 2 is 2.23 bits per heavy atom. The number of allylic oxidation sites excluding steroid dienone is 1. The maximum absolute atomic E-state index is 12.2. The van der Waals surface area contributed by atoms with Crippen molar-refractivity contribution in [3.8, 4) is 5.75 Å². The molecule has 0 spiro atoms. The van der Waals surface area contributed by atoms with Crippen LogP contribution in [0.3, 0.4) is 0 Å². The summed E-state index contributed by atoms with van der Waals surface area (Å²) in [6.45, 7) is 6.21. The second-order valence-corrected chi connectivity index (χ2v) is 8.51. The van der Waals surface area contributed by atoms with Gasteiger partial charge in [0.05, 0.1) is 12.7 Å². The normalized spacial score (nSPS) is 31.8. The summed E-state index contributed by atoms with van der Waals surface area (Å²) in [6.07, 6.45) is 8.01. The zero-order valence-electron chi connectivity index (χ0n) is 18.0. The van der Waals surface area contributed by atoms with E-state index in [0.29, 0.717) is 18.4 Å². The first-order chi connectivity index (χ1) is 14.9. The SMILES string of the molecule is C=C1C(=O)O[C@H]2[C@H]1CC/C(COC(=O)/C=C/c1cccc(OC)c1)=C\CC[C@@]1(C)O[C@@H]21. The summed E-state index contributed by atoms with van der Waals surface area (Å²) in [5.41, 5.74) is 2.14. The van der Waals surface area contributed by atoms with Crippen molar-refractivity contribution in [3.05, 3.63) is 59.7 Å². The second-order valence-electron chi connectivity index (χ2n) is 8.51. The molecule has 1 aromatic rings. The van der Waals surface area contributed by atoms with Gasteiger partial charge in [-0.05, 0) is 62.0 Å². The molecule has 0 amide bonds. The predicted octanol–water partition coefficient (Wildman–Crippen LogP) is 4.01. The Morgan fingerprint density at radius 3 is 3.03 bits per heavy atom. The zero-order chi connectivity index (χ0) is 22.0. The summed E-state index contributed by atoms with van der Waals surface area (Å²) in [7, 11) is 1.60. The van der Waals surface area contributed by atoms with E-state index in [9.17, 15) is 9.59 Å². The van der Waals surface area contributed by atoms with Gasteiger partial charge in [0.2, 0.25) is 0 Å². The maximum atomic E-state index is 12.2. The molecule has 2 fully saturated rings. The lowest BCUT2D eigenvalue weighted by Gasteiger charge is -2.20. The number of benzene rings is 1. The van der Waals surface area contributed by atoms with Gasteiger partial charge in [0, 0.05) is 17.6 Å². The molecule has 3 aliphatic rings. The molecule has 1 aliphatic carbocycles. The molecule has 0 unspecified atom stereocenters. The minimum absolute atomic E-state index is 0.0600. The van der Waals surface area contributed by atoms with Crippen molar-refractivity contribution in [2.24, 2.45) is 5.92 Å². The lowest BCUT2D eigenvalue weighted by atomic mass is 9.84. The quantitative estimate of drug-likeness (QED) is 0.308. The number of fused-ring (bicyclic) bond motifs is 3. The van der Waals surface area contributed by atoms with E-state index in [1.165, 1.54) is 6.08 Å². The average Bonchev–Trinajstić information content (AvgIpc) is 3.36. The monoisotopic (exact) mass is 424 g/mol. The van der Waals surface area contributed by atoms with Crippen LogP contribution in [-0.2, 0) is 23.8 Å². The van der Waals surface area contributed by atoms with Gasteiger partial charge in [-0.3, -0.25) is 0 Å². The maximum Gasteiger partial charge on any atom is 0.334 e. The van der Waals surface area contributed by atoms with Crippen molar-refractivity contribution in [3.63, 3.8) is 0 Å². The Bertz CT molecular complexity index is 945. The molecule has 0 radical (unpaired) electrons. The van der Waals surface area contributed by atoms with E-state index in [1.807, 2.05) is 24.3 Å². The first-order valence-electron chi connectivity index (χ1n) is 10.6. The third-order valence-corrected chi connectivity index (χ3v) is 6.34. The number of carbonyl (C=O) groups excluding carboxylic acids is 2. The summed E-state index contributed by atoms with van der Waals surface area (Å²) in [6, 6.07) is 7.44. The van der Waals surface area contributed by atoms with Gasteiger partial charge in [0.25, 0.3) is 0 Å². The molecule has 4 atom stereocenters. The average molecular weight is 424 g/mol. The molecule has 2 saturated heterocycles. The van der Waals surface area contributed by atoms with E-state index in [-0.39, 0.29) is 36.3 Å². The van der Waals surface area contributed by atoms with Gasteiger partial charge in [-0.25, -0.2) is 9.59 Å². The van der Waals surface area contributed by atoms with E-state index >= 15 is 0 Å². The molecule has 0 N–H and O–H groups in total. The summed E-state index contributed by atoms with van der Waals surface area (Å²) in [5, 5.41) is 0. The summed E-state index contributed by atoms with van der Waals surface area (Å²) in [5.74, 6) is -0.0664. The molecular formula is C25H28O6. The number of hydrogen-bond donors (Lipinski definition) is 0. The second kappa shape index (κ2) is 8.71. The Kier molecular flexibility index (Phi) is 6.01. The number of esters is 2. The van der Waals surface area contributed by atoms with E-state index in [2.05, 4.69) is 19.6 Å². The molecule has 0 aromatic heterocycles. The minimum Gasteiger partial charge on any atom is -0.497 e. The number of hydrogen-bond acceptors (Lipinski definition) is 6. The van der Waals surface area contributed by atoms with Crippen molar-refractivity contribution >= 4 is 18.0 Å². The van der Waals surface area contributed by atoms with Crippen LogP contribution in [0.1, 0.15) is 38.2 Å². The van der Waals surface area contributed by atoms with Gasteiger partial charge < -0.3 is 18.9 Å². The molecule has 6 nitrogen and oxygen atoms in total. The van der Waals surface area contributed by atoms with Crippen molar-refractivity contribution in [1.29, 1.82) is 0 Å². The molecule has 31 heavy (non-hydrogen) atoms. The van der Waals surface area contributed by atoms with Crippen LogP contribution < -0.4 is 4.74 Å². The molecule has 164 valence electrons. The Hall–Kier alpha value is -2.86. The van der Waals surface area contributed by atoms with Crippen LogP contribution in [0.5, 0.6) is 5.75 Å². The van der Waals surface area contributed by atoms with Crippen LogP contribution in [0, 0.1) is 5.92 Å². The van der Waals surface area contributed by atoms with Gasteiger partial charge >= 0.3 is 11.9 Å². The molecular weight excluding hydrogens is 396 g/mol. The lowest BCUT2D eigenvalue weighted by Crippen LogP contribution is -2.29. The predicted molar refractivity (Wildman–Crippen MR) is 115 cm³/mol. The van der Waals surface area contributed by atoms with Gasteiger partial charge in [-0.15, -0.1) is 0 Å². The standard InChI is InChI=1S/C25H28O6/c1-16-20-11-9-18(7-5-13-25(2)23(31-25)22(20)30-24(16)27)15-29-21(26)12-10-17-6-4-8-19(14-17)28-3/h4,6-8,10,12,14,20,22-23H,1,5,9,11,13,15H2,2-3H3/b12-10+,18-7+/t20-,22-,23-,25+/m0/s1. The highest BCUT2D eigenvalue weighted by atomic mass is 16.6. The smallest absolute Gasteiger partial charge is 0.334 e. The number of ether oxygens (including phenoxy) is 4. The number of epoxide rings is 1. The molecule has 2 aliphatic heterocycles. The fraction of sp³-hybridized carbons (Fsp3) is 0.440. The minimum atomic E-state index is -0.403. The van der Waals surface area contributed by atoms with E-state index in [4.69, 9.17) is 18.9 Å². The van der Waals surface area contributed by atoms with Crippen molar-refractivity contribution in [2.75, 3.05) is 13.7 Å². The van der Waals surface area contributed by atoms with E-state index in [0.717, 1.165) is 29.7 Å². The van der Waals surface area contributed by atoms with Crippen LogP contribution in [0.4, 0.5) is 0 Å². The Labute approximate surface area is 182 Å². The summed E-state index contributed by atoms with van der Waals surface area (Å²) in [4.78, 5) is 24.3. The Balaban J connectivity index is 1.37. The molecule has 4 rings (SSSR count). The van der Waals surface area contributed by atoms with Crippen LogP contribution in [0.25, 0.3) is 6.08 Å². The van der Waals surface area contributed by atoms with Crippen LogP contribution in [0.15, 0.2) is 54.1 Å². The highest BCUT2D eigenvalue weighted by Crippen LogP contribution is 2.49. The number of methoxy groups -OCH3 is 1. The molecule has 0 saturated carbocycles.